The Bertz CT molecular complexity index is 781. The first kappa shape index (κ1) is 21.7. The van der Waals surface area contributed by atoms with E-state index in [9.17, 15) is 8.42 Å². The van der Waals surface area contributed by atoms with Crippen LogP contribution in [0.4, 0.5) is 0 Å². The van der Waals surface area contributed by atoms with Gasteiger partial charge in [-0.2, -0.15) is 0 Å². The molecule has 30 heavy (non-hydrogen) atoms. The molecule has 1 saturated heterocycles. The fourth-order valence-electron chi connectivity index (χ4n) is 4.97. The van der Waals surface area contributed by atoms with Crippen LogP contribution < -0.4 is 10.0 Å². The second kappa shape index (κ2) is 10.2. The maximum Gasteiger partial charge on any atom is 0.216 e. The van der Waals surface area contributed by atoms with Crippen molar-refractivity contribution in [2.24, 2.45) is 4.99 Å². The van der Waals surface area contributed by atoms with E-state index in [-0.39, 0.29) is 11.3 Å². The smallest absolute Gasteiger partial charge is 0.216 e. The monoisotopic (exact) mass is 436 g/mol. The number of rotatable bonds is 7. The third-order valence-electron chi connectivity index (χ3n) is 6.69. The van der Waals surface area contributed by atoms with E-state index in [0.717, 1.165) is 76.1 Å². The van der Waals surface area contributed by atoms with Crippen molar-refractivity contribution in [3.05, 3.63) is 24.2 Å². The highest BCUT2D eigenvalue weighted by Crippen LogP contribution is 2.23. The van der Waals surface area contributed by atoms with Crippen LogP contribution in [0.5, 0.6) is 0 Å². The van der Waals surface area contributed by atoms with Gasteiger partial charge in [0.1, 0.15) is 5.76 Å². The lowest BCUT2D eigenvalue weighted by Crippen LogP contribution is -2.54. The topological polar surface area (TPSA) is 86.9 Å². The van der Waals surface area contributed by atoms with Crippen LogP contribution in [0.15, 0.2) is 27.8 Å². The zero-order chi connectivity index (χ0) is 20.8. The number of likely N-dealkylation sites (tertiary alicyclic amines) is 1. The molecule has 0 aromatic carbocycles. The maximum absolute atomic E-state index is 13.0. The molecule has 0 bridgehead atoms. The minimum atomic E-state index is -3.31. The van der Waals surface area contributed by atoms with Gasteiger partial charge in [-0.25, -0.2) is 13.1 Å². The van der Waals surface area contributed by atoms with E-state index in [2.05, 4.69) is 14.9 Å². The molecule has 1 atom stereocenters. The zero-order valence-corrected chi connectivity index (χ0v) is 18.7. The molecule has 1 aliphatic heterocycles. The highest BCUT2D eigenvalue weighted by Gasteiger charge is 2.34. The molecular weight excluding hydrogens is 400 g/mol. The Morgan fingerprint density at radius 3 is 2.50 bits per heavy atom. The predicted molar refractivity (Wildman–Crippen MR) is 119 cm³/mol. The molecule has 8 heteroatoms. The van der Waals surface area contributed by atoms with Gasteiger partial charge in [0, 0.05) is 38.1 Å². The lowest BCUT2D eigenvalue weighted by Gasteiger charge is -2.36. The molecule has 2 saturated carbocycles. The van der Waals surface area contributed by atoms with Crippen molar-refractivity contribution < 1.29 is 12.8 Å². The summed E-state index contributed by atoms with van der Waals surface area (Å²) in [4.78, 5) is 7.03. The van der Waals surface area contributed by atoms with E-state index >= 15 is 0 Å². The highest BCUT2D eigenvalue weighted by molar-refractivity contribution is 7.90. The maximum atomic E-state index is 13.0. The summed E-state index contributed by atoms with van der Waals surface area (Å²) < 4.78 is 34.4. The molecule has 1 aromatic rings. The molecule has 1 unspecified atom stereocenters. The van der Waals surface area contributed by atoms with Gasteiger partial charge in [-0.15, -0.1) is 0 Å². The first-order valence-corrected chi connectivity index (χ1v) is 13.2. The van der Waals surface area contributed by atoms with E-state index in [0.29, 0.717) is 19.1 Å². The van der Waals surface area contributed by atoms with Crippen LogP contribution in [0.1, 0.15) is 70.0 Å². The van der Waals surface area contributed by atoms with Crippen LogP contribution in [-0.2, 0) is 16.4 Å². The summed E-state index contributed by atoms with van der Waals surface area (Å²) in [5.74, 6) is 1.80. The fourth-order valence-corrected chi connectivity index (χ4v) is 6.72. The summed E-state index contributed by atoms with van der Waals surface area (Å²) in [5.41, 5.74) is 0. The first-order valence-electron chi connectivity index (χ1n) is 11.7. The summed E-state index contributed by atoms with van der Waals surface area (Å²) in [5, 5.41) is 3.27. The Labute approximate surface area is 180 Å². The molecular formula is C22H36N4O3S. The van der Waals surface area contributed by atoms with Crippen molar-refractivity contribution in [3.8, 4) is 0 Å². The average Bonchev–Trinajstić information content (AvgIpc) is 3.51. The molecule has 3 fully saturated rings. The van der Waals surface area contributed by atoms with Gasteiger partial charge in [0.25, 0.3) is 0 Å². The zero-order valence-electron chi connectivity index (χ0n) is 17.9. The summed E-state index contributed by atoms with van der Waals surface area (Å²) in [6.07, 6.45) is 13.1. The normalized spacial score (nSPS) is 24.6. The van der Waals surface area contributed by atoms with Gasteiger partial charge in [-0.05, 0) is 50.7 Å². The Hall–Kier alpha value is -1.54. The van der Waals surface area contributed by atoms with Crippen molar-refractivity contribution in [1.29, 1.82) is 0 Å². The van der Waals surface area contributed by atoms with Gasteiger partial charge in [-0.3, -0.25) is 4.99 Å². The fraction of sp³-hybridized carbons (Fsp3) is 0.773. The van der Waals surface area contributed by atoms with Gasteiger partial charge in [0.05, 0.1) is 11.5 Å². The number of nitrogens with zero attached hydrogens (tertiary/aromatic N) is 2. The average molecular weight is 437 g/mol. The van der Waals surface area contributed by atoms with Crippen LogP contribution >= 0.6 is 0 Å². The SMILES string of the molecule is O=S(=O)(NC1CCCC1)C1CCCN(C(=NCCc2ccco2)NC2CCCC2)C1. The summed E-state index contributed by atoms with van der Waals surface area (Å²) in [6.45, 7) is 2.01. The van der Waals surface area contributed by atoms with Crippen LogP contribution in [-0.4, -0.2) is 56.2 Å². The third kappa shape index (κ3) is 5.78. The summed E-state index contributed by atoms with van der Waals surface area (Å²) in [7, 11) is -3.31. The largest absolute Gasteiger partial charge is 0.469 e. The van der Waals surface area contributed by atoms with Gasteiger partial charge < -0.3 is 14.6 Å². The minimum absolute atomic E-state index is 0.128. The van der Waals surface area contributed by atoms with Gasteiger partial charge in [-0.1, -0.05) is 25.7 Å². The van der Waals surface area contributed by atoms with Crippen molar-refractivity contribution in [1.82, 2.24) is 14.9 Å². The number of nitrogens with one attached hydrogen (secondary N) is 2. The molecule has 0 radical (unpaired) electrons. The second-order valence-electron chi connectivity index (χ2n) is 9.01. The molecule has 1 aromatic heterocycles. The molecule has 4 rings (SSSR count). The van der Waals surface area contributed by atoms with E-state index in [1.165, 1.54) is 12.8 Å². The van der Waals surface area contributed by atoms with Crippen molar-refractivity contribution in [3.63, 3.8) is 0 Å². The van der Waals surface area contributed by atoms with E-state index in [4.69, 9.17) is 9.41 Å². The molecule has 7 nitrogen and oxygen atoms in total. The van der Waals surface area contributed by atoms with Gasteiger partial charge in [0.2, 0.25) is 10.0 Å². The number of hydrogen-bond donors (Lipinski definition) is 2. The van der Waals surface area contributed by atoms with Crippen LogP contribution in [0, 0.1) is 0 Å². The van der Waals surface area contributed by atoms with Crippen LogP contribution in [0.25, 0.3) is 0 Å². The molecule has 2 heterocycles. The standard InChI is InChI=1S/C22H36N4O3S/c27-30(28,25-19-9-3-4-10-19)21-12-5-15-26(17-21)22(24-18-7-1-2-8-18)23-14-13-20-11-6-16-29-20/h6,11,16,18-19,21,25H,1-5,7-10,12-15,17H2,(H,23,24). The molecule has 0 spiro atoms. The van der Waals surface area contributed by atoms with Crippen molar-refractivity contribution in [2.45, 2.75) is 88.0 Å². The van der Waals surface area contributed by atoms with Crippen LogP contribution in [0.2, 0.25) is 0 Å². The van der Waals surface area contributed by atoms with Crippen molar-refractivity contribution in [2.75, 3.05) is 19.6 Å². The number of furan rings is 1. The number of sulfonamides is 1. The van der Waals surface area contributed by atoms with E-state index < -0.39 is 10.0 Å². The van der Waals surface area contributed by atoms with E-state index in [1.807, 2.05) is 12.1 Å². The molecule has 0 amide bonds. The minimum Gasteiger partial charge on any atom is -0.469 e. The first-order chi connectivity index (χ1) is 14.6. The summed E-state index contributed by atoms with van der Waals surface area (Å²) >= 11 is 0. The van der Waals surface area contributed by atoms with Gasteiger partial charge >= 0.3 is 0 Å². The Morgan fingerprint density at radius 1 is 1.07 bits per heavy atom. The summed E-state index contributed by atoms with van der Waals surface area (Å²) in [6, 6.07) is 4.44. The number of aliphatic imine (C=N–C) groups is 1. The molecule has 2 aliphatic carbocycles. The number of hydrogen-bond acceptors (Lipinski definition) is 4. The Balaban J connectivity index is 1.41. The number of piperidine rings is 1. The molecule has 3 aliphatic rings. The molecule has 168 valence electrons. The Morgan fingerprint density at radius 2 is 1.80 bits per heavy atom. The lowest BCUT2D eigenvalue weighted by molar-refractivity contribution is 0.324. The van der Waals surface area contributed by atoms with E-state index in [1.54, 1.807) is 6.26 Å². The van der Waals surface area contributed by atoms with Gasteiger partial charge in [0.15, 0.2) is 5.96 Å². The Kier molecular flexibility index (Phi) is 7.36. The van der Waals surface area contributed by atoms with Crippen LogP contribution in [0.3, 0.4) is 0 Å². The third-order valence-corrected chi connectivity index (χ3v) is 8.62. The lowest BCUT2D eigenvalue weighted by atomic mass is 10.1. The number of guanidine groups is 1. The second-order valence-corrected chi connectivity index (χ2v) is 11.0. The quantitative estimate of drug-likeness (QED) is 0.507. The van der Waals surface area contributed by atoms with Crippen molar-refractivity contribution >= 4 is 16.0 Å². The molecule has 2 N–H and O–H groups in total. The predicted octanol–water partition coefficient (Wildman–Crippen LogP) is 3.04. The highest BCUT2D eigenvalue weighted by atomic mass is 32.2.